The van der Waals surface area contributed by atoms with Crippen molar-refractivity contribution in [3.8, 4) is 0 Å². The number of nitrogens with one attached hydrogen (secondary N) is 1. The molecule has 11 heavy (non-hydrogen) atoms. The van der Waals surface area contributed by atoms with Crippen LogP contribution in [-0.2, 0) is 0 Å². The molecule has 1 rings (SSSR count). The lowest BCUT2D eigenvalue weighted by Gasteiger charge is -2.30. The third-order valence-corrected chi connectivity index (χ3v) is 2.97. The van der Waals surface area contributed by atoms with Crippen LogP contribution in [0.3, 0.4) is 0 Å². The fourth-order valence-corrected chi connectivity index (χ4v) is 2.03. The van der Waals surface area contributed by atoms with Gasteiger partial charge in [-0.3, -0.25) is 4.90 Å². The molecule has 0 aromatic rings. The summed E-state index contributed by atoms with van der Waals surface area (Å²) in [4.78, 5) is 2.50. The van der Waals surface area contributed by atoms with E-state index in [9.17, 15) is 0 Å². The molecule has 1 fully saturated rings. The highest BCUT2D eigenvalue weighted by atomic mass is 31.0. The van der Waals surface area contributed by atoms with Crippen LogP contribution in [-0.4, -0.2) is 37.9 Å². The van der Waals surface area contributed by atoms with Gasteiger partial charge in [0.2, 0.25) is 0 Å². The van der Waals surface area contributed by atoms with Gasteiger partial charge in [0.1, 0.15) is 0 Å². The second kappa shape index (κ2) is 5.08. The maximum absolute atomic E-state index is 3.25. The molecule has 0 bridgehead atoms. The summed E-state index contributed by atoms with van der Waals surface area (Å²) >= 11 is 0. The van der Waals surface area contributed by atoms with E-state index in [0.29, 0.717) is 0 Å². The highest BCUT2D eigenvalue weighted by molar-refractivity contribution is 7.16. The molecule has 1 saturated heterocycles. The topological polar surface area (TPSA) is 15.3 Å². The minimum absolute atomic E-state index is 0.924. The van der Waals surface area contributed by atoms with Gasteiger partial charge in [-0.05, 0) is 45.4 Å². The first-order valence-corrected chi connectivity index (χ1v) is 5.25. The van der Waals surface area contributed by atoms with Crippen molar-refractivity contribution in [2.45, 2.75) is 12.8 Å². The zero-order valence-corrected chi connectivity index (χ0v) is 8.50. The molecule has 0 radical (unpaired) electrons. The van der Waals surface area contributed by atoms with Gasteiger partial charge in [0, 0.05) is 6.29 Å². The van der Waals surface area contributed by atoms with E-state index in [-0.39, 0.29) is 0 Å². The number of hydrogen-bond acceptors (Lipinski definition) is 2. The molecule has 0 aromatic carbocycles. The smallest absolute Gasteiger partial charge is 0.0126 e. The van der Waals surface area contributed by atoms with Crippen LogP contribution in [0.15, 0.2) is 0 Å². The Morgan fingerprint density at radius 1 is 1.45 bits per heavy atom. The van der Waals surface area contributed by atoms with Gasteiger partial charge >= 0.3 is 0 Å². The molecule has 0 aliphatic carbocycles. The summed E-state index contributed by atoms with van der Waals surface area (Å²) in [5.41, 5.74) is 0. The van der Waals surface area contributed by atoms with Gasteiger partial charge in [0.25, 0.3) is 0 Å². The third-order valence-electron chi connectivity index (χ3n) is 2.46. The van der Waals surface area contributed by atoms with Crippen molar-refractivity contribution in [3.63, 3.8) is 0 Å². The lowest BCUT2D eigenvalue weighted by Crippen LogP contribution is -2.35. The zero-order valence-electron chi connectivity index (χ0n) is 7.34. The monoisotopic (exact) mass is 174 g/mol. The van der Waals surface area contributed by atoms with E-state index in [1.807, 2.05) is 7.05 Å². The normalized spacial score (nSPS) is 22.4. The maximum Gasteiger partial charge on any atom is 0.0126 e. The number of rotatable bonds is 3. The molecule has 0 amide bonds. The summed E-state index contributed by atoms with van der Waals surface area (Å²) in [7, 11) is 4.84. The van der Waals surface area contributed by atoms with Crippen LogP contribution in [0.25, 0.3) is 0 Å². The Bertz CT molecular complexity index is 100. The van der Waals surface area contributed by atoms with Crippen molar-refractivity contribution in [1.29, 1.82) is 0 Å². The van der Waals surface area contributed by atoms with Gasteiger partial charge in [-0.25, -0.2) is 0 Å². The molecule has 3 heteroatoms. The van der Waals surface area contributed by atoms with E-state index < -0.39 is 0 Å². The molecule has 2 nitrogen and oxygen atoms in total. The van der Waals surface area contributed by atoms with Crippen molar-refractivity contribution in [3.05, 3.63) is 0 Å². The van der Waals surface area contributed by atoms with E-state index in [1.54, 1.807) is 0 Å². The summed E-state index contributed by atoms with van der Waals surface area (Å²) in [5, 5.41) is 3.25. The average molecular weight is 174 g/mol. The van der Waals surface area contributed by atoms with Gasteiger partial charge in [0.05, 0.1) is 0 Å². The quantitative estimate of drug-likeness (QED) is 0.635. The summed E-state index contributed by atoms with van der Waals surface area (Å²) in [5.74, 6) is 0.924. The van der Waals surface area contributed by atoms with Crippen molar-refractivity contribution >= 4 is 9.24 Å². The van der Waals surface area contributed by atoms with Gasteiger partial charge in [-0.2, -0.15) is 0 Å². The van der Waals surface area contributed by atoms with Gasteiger partial charge in [0.15, 0.2) is 0 Å². The first kappa shape index (κ1) is 9.44. The standard InChI is InChI=1S/C8H19N2P/c1-9-6-8-2-4-10(7-11)5-3-8/h8-9H,2-7,11H2,1H3. The van der Waals surface area contributed by atoms with Crippen LogP contribution in [0.5, 0.6) is 0 Å². The number of hydrogen-bond donors (Lipinski definition) is 1. The number of likely N-dealkylation sites (tertiary alicyclic amines) is 1. The Labute approximate surface area is 71.9 Å². The Hall–Kier alpha value is 0.350. The minimum atomic E-state index is 0.924. The number of nitrogens with zero attached hydrogens (tertiary/aromatic N) is 1. The molecular weight excluding hydrogens is 155 g/mol. The minimum Gasteiger partial charge on any atom is -0.319 e. The van der Waals surface area contributed by atoms with Crippen molar-refractivity contribution < 1.29 is 0 Å². The van der Waals surface area contributed by atoms with Gasteiger partial charge in [-0.1, -0.05) is 0 Å². The fourth-order valence-electron chi connectivity index (χ4n) is 1.66. The molecule has 1 unspecified atom stereocenters. The first-order valence-electron chi connectivity index (χ1n) is 4.44. The largest absolute Gasteiger partial charge is 0.319 e. The highest BCUT2D eigenvalue weighted by Gasteiger charge is 2.16. The predicted octanol–water partition coefficient (Wildman–Crippen LogP) is 0.750. The average Bonchev–Trinajstić information content (AvgIpc) is 2.07. The van der Waals surface area contributed by atoms with Crippen LogP contribution in [0, 0.1) is 5.92 Å². The lowest BCUT2D eigenvalue weighted by molar-refractivity contribution is 0.210. The van der Waals surface area contributed by atoms with Crippen molar-refractivity contribution in [1.82, 2.24) is 10.2 Å². The molecule has 1 aliphatic rings. The first-order chi connectivity index (χ1) is 5.36. The third kappa shape index (κ3) is 3.06. The molecule has 0 aromatic heterocycles. The fraction of sp³-hybridized carbons (Fsp3) is 1.00. The summed E-state index contributed by atoms with van der Waals surface area (Å²) in [6.45, 7) is 3.77. The molecule has 66 valence electrons. The van der Waals surface area contributed by atoms with E-state index in [0.717, 1.165) is 12.2 Å². The molecular formula is C8H19N2P. The van der Waals surface area contributed by atoms with Crippen molar-refractivity contribution in [2.75, 3.05) is 33.0 Å². The molecule has 1 N–H and O–H groups in total. The highest BCUT2D eigenvalue weighted by Crippen LogP contribution is 2.16. The molecule has 1 atom stereocenters. The molecule has 1 aliphatic heterocycles. The predicted molar refractivity (Wildman–Crippen MR) is 52.8 cm³/mol. The van der Waals surface area contributed by atoms with Crippen LogP contribution >= 0.6 is 9.24 Å². The van der Waals surface area contributed by atoms with Crippen LogP contribution in [0.2, 0.25) is 0 Å². The zero-order chi connectivity index (χ0) is 8.10. The van der Waals surface area contributed by atoms with E-state index in [2.05, 4.69) is 19.5 Å². The summed E-state index contributed by atoms with van der Waals surface area (Å²) < 4.78 is 0. The second-order valence-corrected chi connectivity index (χ2v) is 3.67. The second-order valence-electron chi connectivity index (χ2n) is 3.30. The number of piperidine rings is 1. The molecule has 0 saturated carbocycles. The van der Waals surface area contributed by atoms with Crippen LogP contribution in [0.1, 0.15) is 12.8 Å². The Morgan fingerprint density at radius 2 is 2.09 bits per heavy atom. The summed E-state index contributed by atoms with van der Waals surface area (Å²) in [6.07, 6.45) is 3.89. The van der Waals surface area contributed by atoms with E-state index in [4.69, 9.17) is 0 Å². The maximum atomic E-state index is 3.25. The van der Waals surface area contributed by atoms with E-state index >= 15 is 0 Å². The van der Waals surface area contributed by atoms with Gasteiger partial charge in [-0.15, -0.1) is 9.24 Å². The lowest BCUT2D eigenvalue weighted by atomic mass is 9.97. The SMILES string of the molecule is CNCC1CCN(CP)CC1. The van der Waals surface area contributed by atoms with E-state index in [1.165, 1.54) is 32.5 Å². The Morgan fingerprint density at radius 3 is 2.55 bits per heavy atom. The van der Waals surface area contributed by atoms with Crippen LogP contribution in [0.4, 0.5) is 0 Å². The van der Waals surface area contributed by atoms with Crippen molar-refractivity contribution in [2.24, 2.45) is 5.92 Å². The molecule has 1 heterocycles. The van der Waals surface area contributed by atoms with Gasteiger partial charge < -0.3 is 5.32 Å². The van der Waals surface area contributed by atoms with Crippen LogP contribution < -0.4 is 5.32 Å². The Kier molecular flexibility index (Phi) is 4.36. The summed E-state index contributed by atoms with van der Waals surface area (Å²) in [6, 6.07) is 0. The molecule has 0 spiro atoms. The Balaban J connectivity index is 2.14.